The van der Waals surface area contributed by atoms with Gasteiger partial charge in [0.2, 0.25) is 10.9 Å². The molecule has 0 N–H and O–H groups in total. The number of alkyl halides is 1. The molecule has 0 amide bonds. The predicted molar refractivity (Wildman–Crippen MR) is 117 cm³/mol. The summed E-state index contributed by atoms with van der Waals surface area (Å²) in [4.78, 5) is 4.08. The average Bonchev–Trinajstić information content (AvgIpc) is 2.78. The summed E-state index contributed by atoms with van der Waals surface area (Å²) in [6.45, 7) is 0. The Hall–Kier alpha value is -2.61. The first-order valence-corrected chi connectivity index (χ1v) is 11.0. The third kappa shape index (κ3) is 4.01. The zero-order chi connectivity index (χ0) is 21.1. The van der Waals surface area contributed by atoms with Crippen LogP contribution in [0.2, 0.25) is 0 Å². The molecule has 1 aromatic heterocycles. The van der Waals surface area contributed by atoms with Crippen molar-refractivity contribution in [3.05, 3.63) is 107 Å². The van der Waals surface area contributed by atoms with Crippen LogP contribution in [0.1, 0.15) is 17.2 Å². The van der Waals surface area contributed by atoms with Crippen molar-refractivity contribution in [2.45, 2.75) is 11.1 Å². The molecule has 0 saturated carbocycles. The topological polar surface area (TPSA) is 62.2 Å². The van der Waals surface area contributed by atoms with Gasteiger partial charge in [-0.2, -0.15) is 0 Å². The number of nitrogens with zero attached hydrogens (tertiary/aromatic N) is 1. The number of benzene rings is 3. The van der Waals surface area contributed by atoms with Crippen molar-refractivity contribution in [2.24, 2.45) is 0 Å². The van der Waals surface area contributed by atoms with Crippen LogP contribution in [0, 0.1) is 0 Å². The van der Waals surface area contributed by atoms with Gasteiger partial charge in [-0.15, -0.1) is 0 Å². The van der Waals surface area contributed by atoms with E-state index in [0.717, 1.165) is 15.2 Å². The number of fused-ring (bicyclic) bond motifs is 1. The lowest BCUT2D eigenvalue weighted by Crippen LogP contribution is -2.37. The molecule has 0 aliphatic heterocycles. The van der Waals surface area contributed by atoms with Crippen LogP contribution in [0.15, 0.2) is 95.6 Å². The quantitative estimate of drug-likeness (QED) is 0.323. The minimum Gasteiger partial charge on any atom is -0.770 e. The van der Waals surface area contributed by atoms with Crippen LogP contribution >= 0.6 is 15.9 Å². The number of pyridine rings is 1. The summed E-state index contributed by atoms with van der Waals surface area (Å²) in [5.74, 6) is 0.124. The van der Waals surface area contributed by atoms with Crippen LogP contribution in [0.25, 0.3) is 10.8 Å². The van der Waals surface area contributed by atoms with E-state index in [1.165, 1.54) is 12.3 Å². The van der Waals surface area contributed by atoms with Crippen molar-refractivity contribution in [1.29, 1.82) is 0 Å². The Morgan fingerprint density at radius 1 is 0.967 bits per heavy atom. The van der Waals surface area contributed by atoms with E-state index in [9.17, 15) is 8.76 Å². The van der Waals surface area contributed by atoms with E-state index in [1.54, 1.807) is 60.7 Å². The third-order valence-electron chi connectivity index (χ3n) is 4.77. The number of hydrogen-bond donors (Lipinski definition) is 0. The largest absolute Gasteiger partial charge is 0.770 e. The van der Waals surface area contributed by atoms with Crippen LogP contribution in [-0.2, 0) is 16.1 Å². The maximum Gasteiger partial charge on any atom is 0.237 e. The van der Waals surface area contributed by atoms with Crippen LogP contribution in [0.5, 0.6) is 5.88 Å². The van der Waals surface area contributed by atoms with Gasteiger partial charge in [-0.1, -0.05) is 70.5 Å². The highest BCUT2D eigenvalue weighted by Crippen LogP contribution is 2.44. The van der Waals surface area contributed by atoms with Gasteiger partial charge in [0, 0.05) is 22.3 Å². The summed E-state index contributed by atoms with van der Waals surface area (Å²) in [7, 11) is 0. The zero-order valence-electron chi connectivity index (χ0n) is 15.6. The van der Waals surface area contributed by atoms with Gasteiger partial charge < -0.3 is 9.29 Å². The molecule has 4 aromatic rings. The molecule has 1 heterocycles. The van der Waals surface area contributed by atoms with E-state index >= 15 is 4.39 Å². The van der Waals surface area contributed by atoms with Gasteiger partial charge in [0.1, 0.15) is 0 Å². The van der Waals surface area contributed by atoms with Gasteiger partial charge in [-0.05, 0) is 51.7 Å². The minimum atomic E-state index is -3.15. The van der Waals surface area contributed by atoms with Gasteiger partial charge in [-0.3, -0.25) is 4.21 Å². The SMILES string of the molecule is O=S([O-])[C@@](F)(c1ccc2ccccc2c1)[C@@H](Oc1ccccn1)c1ccc(Br)cc1. The van der Waals surface area contributed by atoms with E-state index < -0.39 is 22.2 Å². The standard InChI is InChI=1S/C23H17BrFNO3S/c24-20-12-9-17(10-13-20)22(29-21-7-3-4-14-26-21)23(25,30(27)28)19-11-8-16-5-1-2-6-18(16)15-19/h1-15,22H,(H,27,28)/p-1/t22-,23-/m0/s1. The highest BCUT2D eigenvalue weighted by Gasteiger charge is 2.46. The van der Waals surface area contributed by atoms with Gasteiger partial charge >= 0.3 is 0 Å². The van der Waals surface area contributed by atoms with Crippen molar-refractivity contribution in [2.75, 3.05) is 0 Å². The third-order valence-corrected chi connectivity index (χ3v) is 6.24. The first kappa shape index (κ1) is 20.7. The highest BCUT2D eigenvalue weighted by molar-refractivity contribution is 9.10. The van der Waals surface area contributed by atoms with E-state index in [1.807, 2.05) is 18.2 Å². The van der Waals surface area contributed by atoms with Crippen LogP contribution in [-0.4, -0.2) is 13.7 Å². The van der Waals surface area contributed by atoms with E-state index in [4.69, 9.17) is 4.74 Å². The summed E-state index contributed by atoms with van der Waals surface area (Å²) < 4.78 is 47.8. The molecule has 0 spiro atoms. The lowest BCUT2D eigenvalue weighted by atomic mass is 9.96. The molecule has 3 aromatic carbocycles. The zero-order valence-corrected chi connectivity index (χ0v) is 18.0. The molecule has 0 fully saturated rings. The molecule has 3 atom stereocenters. The molecule has 0 aliphatic carbocycles. The Bertz CT molecular complexity index is 1190. The molecule has 0 aliphatic rings. The molecular formula is C23H16BrFNO3S-. The van der Waals surface area contributed by atoms with E-state index in [-0.39, 0.29) is 11.4 Å². The molecule has 7 heteroatoms. The second-order valence-electron chi connectivity index (χ2n) is 6.66. The van der Waals surface area contributed by atoms with Crippen LogP contribution in [0.3, 0.4) is 0 Å². The first-order chi connectivity index (χ1) is 14.5. The van der Waals surface area contributed by atoms with Gasteiger partial charge in [0.05, 0.1) is 0 Å². The van der Waals surface area contributed by atoms with E-state index in [2.05, 4.69) is 20.9 Å². The number of hydrogen-bond acceptors (Lipinski definition) is 4. The normalized spacial score (nSPS) is 15.3. The minimum absolute atomic E-state index is 0.0154. The lowest BCUT2D eigenvalue weighted by Gasteiger charge is -2.36. The number of rotatable bonds is 6. The molecule has 0 saturated heterocycles. The smallest absolute Gasteiger partial charge is 0.237 e. The van der Waals surface area contributed by atoms with E-state index in [0.29, 0.717) is 5.56 Å². The van der Waals surface area contributed by atoms with Crippen LogP contribution < -0.4 is 4.74 Å². The molecule has 1 unspecified atom stereocenters. The highest BCUT2D eigenvalue weighted by atomic mass is 79.9. The van der Waals surface area contributed by atoms with Gasteiger partial charge in [0.15, 0.2) is 6.10 Å². The fourth-order valence-electron chi connectivity index (χ4n) is 3.27. The van der Waals surface area contributed by atoms with Gasteiger partial charge in [0.25, 0.3) is 0 Å². The maximum atomic E-state index is 16.5. The van der Waals surface area contributed by atoms with Gasteiger partial charge in [-0.25, -0.2) is 9.37 Å². The molecule has 152 valence electrons. The molecule has 0 radical (unpaired) electrons. The lowest BCUT2D eigenvalue weighted by molar-refractivity contribution is 0.0601. The van der Waals surface area contributed by atoms with Crippen molar-refractivity contribution in [3.63, 3.8) is 0 Å². The summed E-state index contributed by atoms with van der Waals surface area (Å²) >= 11 is 0.191. The summed E-state index contributed by atoms with van der Waals surface area (Å²) in [5, 5.41) is -1.24. The Kier molecular flexibility index (Phi) is 5.94. The molecule has 30 heavy (non-hydrogen) atoms. The Labute approximate surface area is 184 Å². The second kappa shape index (κ2) is 8.63. The molecule has 0 bridgehead atoms. The summed E-state index contributed by atoms with van der Waals surface area (Å²) in [6.07, 6.45) is 0.0259. The maximum absolute atomic E-state index is 16.5. The number of halogens is 2. The Balaban J connectivity index is 1.88. The Morgan fingerprint density at radius 3 is 2.33 bits per heavy atom. The van der Waals surface area contributed by atoms with Crippen molar-refractivity contribution in [3.8, 4) is 5.88 Å². The fourth-order valence-corrected chi connectivity index (χ4v) is 4.21. The molecule has 4 rings (SSSR count). The number of ether oxygens (including phenoxy) is 1. The Morgan fingerprint density at radius 2 is 1.67 bits per heavy atom. The van der Waals surface area contributed by atoms with Crippen molar-refractivity contribution in [1.82, 2.24) is 4.98 Å². The predicted octanol–water partition coefficient (Wildman–Crippen LogP) is 5.82. The molecule has 4 nitrogen and oxygen atoms in total. The summed E-state index contributed by atoms with van der Waals surface area (Å²) in [6, 6.07) is 23.7. The number of aromatic nitrogens is 1. The van der Waals surface area contributed by atoms with Crippen molar-refractivity contribution >= 4 is 37.8 Å². The van der Waals surface area contributed by atoms with Crippen molar-refractivity contribution < 1.29 is 17.9 Å². The fraction of sp³-hybridized carbons (Fsp3) is 0.0870. The second-order valence-corrected chi connectivity index (χ2v) is 8.64. The summed E-state index contributed by atoms with van der Waals surface area (Å²) in [5.41, 5.74) is 0.349. The van der Waals surface area contributed by atoms with Crippen LogP contribution in [0.4, 0.5) is 4.39 Å². The molecular weight excluding hydrogens is 469 g/mol. The first-order valence-electron chi connectivity index (χ1n) is 9.09. The average molecular weight is 485 g/mol. The monoisotopic (exact) mass is 484 g/mol.